The van der Waals surface area contributed by atoms with E-state index in [1.165, 1.54) is 22.3 Å². The summed E-state index contributed by atoms with van der Waals surface area (Å²) in [5, 5.41) is 21.1. The van der Waals surface area contributed by atoms with Gasteiger partial charge in [0.05, 0.1) is 46.4 Å². The highest BCUT2D eigenvalue weighted by Crippen LogP contribution is 2.56. The number of hydrogen-bond donors (Lipinski definition) is 0. The van der Waals surface area contributed by atoms with Crippen molar-refractivity contribution in [3.8, 4) is 28.3 Å². The first-order valence-corrected chi connectivity index (χ1v) is 30.9. The Hall–Kier alpha value is -11.9. The van der Waals surface area contributed by atoms with E-state index >= 15 is 0 Å². The molecule has 0 fully saturated rings. The highest BCUT2D eigenvalue weighted by Gasteiger charge is 2.33. The Morgan fingerprint density at radius 3 is 2.05 bits per heavy atom. The average molecular weight is 1170 g/mol. The molecule has 2 aliphatic rings. The van der Waals surface area contributed by atoms with Crippen molar-refractivity contribution >= 4 is 134 Å². The van der Waals surface area contributed by atoms with E-state index in [2.05, 4.69) is 259 Å². The van der Waals surface area contributed by atoms with Crippen molar-refractivity contribution in [2.24, 2.45) is 15.0 Å². The third-order valence-electron chi connectivity index (χ3n) is 18.3. The van der Waals surface area contributed by atoms with Crippen LogP contribution in [-0.2, 0) is 6.54 Å². The van der Waals surface area contributed by atoms with Gasteiger partial charge in [-0.05, 0) is 118 Å². The summed E-state index contributed by atoms with van der Waals surface area (Å²) in [6, 6.07) is 90.5. The predicted octanol–water partition coefficient (Wildman–Crippen LogP) is 21.7. The van der Waals surface area contributed by atoms with Gasteiger partial charge in [0.25, 0.3) is 0 Å². The minimum Gasteiger partial charge on any atom is -0.455 e. The number of nitriles is 1. The standard InChI is InChI=1S/C82H57N7O2/c1-50(2)73-67-44-71(87-48-84-47-85-49-87)81-76(65-32-20-33-66(80(65)91-81)78(53-23-10-5-11-24-53)86-56-25-12-6-13-26-56)75(67)77-68(79(73)89(57-27-14-7-15-28-57)70-40-39-59(52-21-8-4-9-22-52)61-29-16-17-31-63(61)70)42-54(45-83)74-64-38-36-58(43-72(64)90-82(74)77)88-46-55-41-51(3)35-37-60(55)62-30-18-19-34-69(62)88/h4-44,47-48,50H,46,49H2,1-3H3. The van der Waals surface area contributed by atoms with Gasteiger partial charge in [0, 0.05) is 89.5 Å². The first-order valence-electron chi connectivity index (χ1n) is 30.9. The second-order valence-corrected chi connectivity index (χ2v) is 24.0. The van der Waals surface area contributed by atoms with Crippen LogP contribution < -0.4 is 14.7 Å². The summed E-state index contributed by atoms with van der Waals surface area (Å²) in [4.78, 5) is 21.7. The molecule has 0 atom stereocenters. The minimum absolute atomic E-state index is 0.0986. The quantitative estimate of drug-likeness (QED) is 0.1000. The van der Waals surface area contributed by atoms with E-state index in [9.17, 15) is 5.26 Å². The smallest absolute Gasteiger partial charge is 0.159 e. The number of aryl methyl sites for hydroxylation is 1. The van der Waals surface area contributed by atoms with Gasteiger partial charge in [-0.1, -0.05) is 195 Å². The van der Waals surface area contributed by atoms with Crippen LogP contribution in [-0.4, -0.2) is 25.1 Å². The molecule has 0 radical (unpaired) electrons. The first kappa shape index (κ1) is 53.4. The molecule has 0 N–H and O–H groups in total. The molecule has 2 aromatic heterocycles. The fourth-order valence-electron chi connectivity index (χ4n) is 14.4. The highest BCUT2D eigenvalue weighted by atomic mass is 16.3. The number of nitrogens with zero attached hydrogens (tertiary/aromatic N) is 7. The fourth-order valence-corrected chi connectivity index (χ4v) is 14.4. The zero-order valence-electron chi connectivity index (χ0n) is 50.3. The maximum absolute atomic E-state index is 11.9. The van der Waals surface area contributed by atoms with Crippen LogP contribution in [0.3, 0.4) is 0 Å². The van der Waals surface area contributed by atoms with E-state index in [0.29, 0.717) is 41.1 Å². The van der Waals surface area contributed by atoms with Crippen LogP contribution in [0.1, 0.15) is 53.1 Å². The Balaban J connectivity index is 1.04. The number of furan rings is 2. The molecule has 13 aromatic carbocycles. The summed E-state index contributed by atoms with van der Waals surface area (Å²) >= 11 is 0. The normalized spacial score (nSPS) is 13.2. The molecule has 17 rings (SSSR count). The molecule has 432 valence electrons. The molecule has 4 heterocycles. The Bertz CT molecular complexity index is 5600. The lowest BCUT2D eigenvalue weighted by Crippen LogP contribution is -2.24. The van der Waals surface area contributed by atoms with Crippen LogP contribution >= 0.6 is 0 Å². The van der Waals surface area contributed by atoms with Gasteiger partial charge >= 0.3 is 0 Å². The van der Waals surface area contributed by atoms with Crippen LogP contribution in [0, 0.1) is 18.3 Å². The van der Waals surface area contributed by atoms with E-state index in [0.717, 1.165) is 127 Å². The van der Waals surface area contributed by atoms with E-state index < -0.39 is 0 Å². The predicted molar refractivity (Wildman–Crippen MR) is 377 cm³/mol. The minimum atomic E-state index is -0.0986. The summed E-state index contributed by atoms with van der Waals surface area (Å²) in [5.74, 6) is -0.0986. The molecular formula is C82H57N7O2. The third kappa shape index (κ3) is 8.63. The SMILES string of the molecule is Cc1ccc2c(c1)CN(c1ccc3c(c1)oc1c3c(C#N)cc3c(N(c4ccccc4)c4ccc(-c5ccccc5)c5ccccc45)c(C(C)C)c4cc(N5C=NC=NC5)c5oc6c(C(=Nc7ccccc7)c7ccccc7)cccc6c5c4c31)c1ccccc1-2. The van der Waals surface area contributed by atoms with Gasteiger partial charge < -0.3 is 23.5 Å². The van der Waals surface area contributed by atoms with Crippen molar-refractivity contribution in [3.05, 3.63) is 282 Å². The average Bonchev–Trinajstić information content (AvgIpc) is 1.65. The molecule has 0 unspecified atom stereocenters. The largest absolute Gasteiger partial charge is 0.455 e. The lowest BCUT2D eigenvalue weighted by Gasteiger charge is -2.33. The molecule has 15 aromatic rings. The van der Waals surface area contributed by atoms with Crippen LogP contribution in [0.4, 0.5) is 39.8 Å². The Morgan fingerprint density at radius 1 is 0.560 bits per heavy atom. The van der Waals surface area contributed by atoms with E-state index in [1.54, 1.807) is 6.34 Å². The van der Waals surface area contributed by atoms with E-state index in [1.807, 2.05) is 42.7 Å². The van der Waals surface area contributed by atoms with Crippen molar-refractivity contribution < 1.29 is 8.83 Å². The summed E-state index contributed by atoms with van der Waals surface area (Å²) < 4.78 is 15.3. The van der Waals surface area contributed by atoms with Gasteiger partial charge in [-0.15, -0.1) is 0 Å². The molecular weight excluding hydrogens is 1110 g/mol. The number of aliphatic imine (C=N–C) groups is 3. The van der Waals surface area contributed by atoms with Gasteiger partial charge in [0.1, 0.15) is 29.8 Å². The van der Waals surface area contributed by atoms with Crippen molar-refractivity contribution in [1.29, 1.82) is 5.26 Å². The summed E-state index contributed by atoms with van der Waals surface area (Å²) in [7, 11) is 0. The zero-order chi connectivity index (χ0) is 60.8. The van der Waals surface area contributed by atoms with Gasteiger partial charge in [-0.25, -0.2) is 9.98 Å². The van der Waals surface area contributed by atoms with E-state index in [4.69, 9.17) is 18.8 Å². The summed E-state index contributed by atoms with van der Waals surface area (Å²) in [6.07, 6.45) is 3.45. The van der Waals surface area contributed by atoms with Crippen molar-refractivity contribution in [2.75, 3.05) is 21.4 Å². The molecule has 0 bridgehead atoms. The van der Waals surface area contributed by atoms with Crippen LogP contribution in [0.2, 0.25) is 0 Å². The summed E-state index contributed by atoms with van der Waals surface area (Å²) in [5.41, 5.74) is 20.5. The lowest BCUT2D eigenvalue weighted by molar-refractivity contribution is 0.667. The maximum atomic E-state index is 11.9. The molecule has 0 aliphatic carbocycles. The fraction of sp³-hybridized carbons (Fsp3) is 0.0732. The first-order chi connectivity index (χ1) is 44.9. The highest BCUT2D eigenvalue weighted by molar-refractivity contribution is 6.38. The Labute approximate surface area is 525 Å². The number of anilines is 6. The summed E-state index contributed by atoms with van der Waals surface area (Å²) in [6.45, 7) is 7.72. The third-order valence-corrected chi connectivity index (χ3v) is 18.3. The maximum Gasteiger partial charge on any atom is 0.159 e. The van der Waals surface area contributed by atoms with Crippen molar-refractivity contribution in [1.82, 2.24) is 0 Å². The second-order valence-electron chi connectivity index (χ2n) is 24.0. The topological polar surface area (TPSA) is 96.9 Å². The van der Waals surface area contributed by atoms with Crippen LogP contribution in [0.25, 0.3) is 98.4 Å². The molecule has 0 spiro atoms. The molecule has 91 heavy (non-hydrogen) atoms. The molecule has 9 heteroatoms. The number of rotatable bonds is 10. The van der Waals surface area contributed by atoms with E-state index in [-0.39, 0.29) is 5.92 Å². The number of hydrogen-bond acceptors (Lipinski definition) is 9. The second kappa shape index (κ2) is 21.5. The van der Waals surface area contributed by atoms with Crippen molar-refractivity contribution in [2.45, 2.75) is 33.2 Å². The number of para-hydroxylation sites is 4. The Kier molecular flexibility index (Phi) is 12.6. The lowest BCUT2D eigenvalue weighted by atomic mass is 9.84. The number of fused-ring (bicyclic) bond motifs is 15. The van der Waals surface area contributed by atoms with Gasteiger partial charge in [0.15, 0.2) is 5.58 Å². The van der Waals surface area contributed by atoms with Gasteiger partial charge in [-0.2, -0.15) is 5.26 Å². The van der Waals surface area contributed by atoms with Crippen LogP contribution in [0.15, 0.2) is 273 Å². The monoisotopic (exact) mass is 1170 g/mol. The zero-order valence-corrected chi connectivity index (χ0v) is 50.3. The number of benzene rings is 13. The molecule has 0 saturated carbocycles. The van der Waals surface area contributed by atoms with Crippen LogP contribution in [0.5, 0.6) is 0 Å². The molecule has 2 aliphatic heterocycles. The van der Waals surface area contributed by atoms with Gasteiger partial charge in [-0.3, -0.25) is 4.99 Å². The van der Waals surface area contributed by atoms with Gasteiger partial charge in [0.2, 0.25) is 0 Å². The molecule has 0 saturated heterocycles. The molecule has 0 amide bonds. The van der Waals surface area contributed by atoms with Crippen molar-refractivity contribution in [3.63, 3.8) is 0 Å². The molecule has 9 nitrogen and oxygen atoms in total. The Morgan fingerprint density at radius 2 is 1.27 bits per heavy atom.